The molecule has 17 heteroatoms. The minimum absolute atomic E-state index is 0.0819. The van der Waals surface area contributed by atoms with Crippen LogP contribution >= 0.6 is 0 Å². The summed E-state index contributed by atoms with van der Waals surface area (Å²) in [6.45, 7) is 4.36. The first-order chi connectivity index (χ1) is 24.2. The number of rotatable bonds is 10. The summed E-state index contributed by atoms with van der Waals surface area (Å²) in [6.07, 6.45) is 10.1. The lowest BCUT2D eigenvalue weighted by atomic mass is 9.92. The Morgan fingerprint density at radius 2 is 1.86 bits per heavy atom. The Labute approximate surface area is 295 Å². The Kier molecular flexibility index (Phi) is 9.98. The van der Waals surface area contributed by atoms with E-state index in [2.05, 4.69) is 42.3 Å². The quantitative estimate of drug-likeness (QED) is 0.231. The second-order valence-electron chi connectivity index (χ2n) is 13.7. The maximum absolute atomic E-state index is 16.2. The third-order valence-corrected chi connectivity index (χ3v) is 10.4. The Morgan fingerprint density at radius 3 is 2.53 bits per heavy atom. The van der Waals surface area contributed by atoms with E-state index >= 15 is 4.39 Å². The molecule has 51 heavy (non-hydrogen) atoms. The van der Waals surface area contributed by atoms with Gasteiger partial charge >= 0.3 is 6.09 Å². The summed E-state index contributed by atoms with van der Waals surface area (Å²) in [4.78, 5) is 29.3. The molecule has 270 valence electrons. The summed E-state index contributed by atoms with van der Waals surface area (Å²) in [6, 6.07) is 3.45. The molecule has 1 amide bonds. The van der Waals surface area contributed by atoms with Crippen LogP contribution in [0.1, 0.15) is 57.6 Å². The van der Waals surface area contributed by atoms with Gasteiger partial charge < -0.3 is 19.9 Å². The van der Waals surface area contributed by atoms with Crippen molar-refractivity contribution in [2.24, 2.45) is 7.05 Å². The van der Waals surface area contributed by atoms with Gasteiger partial charge in [0.25, 0.3) is 10.0 Å². The minimum atomic E-state index is -3.54. The molecule has 2 aliphatic rings. The predicted octanol–water partition coefficient (Wildman–Crippen LogP) is 4.47. The number of hydrogen-bond donors (Lipinski definition) is 1. The van der Waals surface area contributed by atoms with Gasteiger partial charge in [0.1, 0.15) is 29.6 Å². The van der Waals surface area contributed by atoms with Crippen LogP contribution in [-0.2, 0) is 21.8 Å². The zero-order valence-corrected chi connectivity index (χ0v) is 29.7. The maximum Gasteiger partial charge on any atom is 0.410 e. The molecule has 6 rings (SSSR count). The van der Waals surface area contributed by atoms with E-state index in [-0.39, 0.29) is 31.8 Å². The fourth-order valence-corrected chi connectivity index (χ4v) is 7.06. The van der Waals surface area contributed by atoms with E-state index < -0.39 is 39.3 Å². The lowest BCUT2D eigenvalue weighted by molar-refractivity contribution is 0.00408. The molecule has 0 aromatic carbocycles. The van der Waals surface area contributed by atoms with Crippen LogP contribution in [0, 0.1) is 11.8 Å². The van der Waals surface area contributed by atoms with E-state index in [1.165, 1.54) is 12.4 Å². The molecule has 1 aliphatic carbocycles. The highest BCUT2D eigenvalue weighted by Crippen LogP contribution is 2.34. The highest BCUT2D eigenvalue weighted by atomic mass is 32.2. The normalized spacial score (nSPS) is 15.9. The molecule has 4 aromatic heterocycles. The Hall–Kier alpha value is -5.11. The van der Waals surface area contributed by atoms with E-state index in [1.54, 1.807) is 69.4 Å². The molecular formula is C34H40F2N10O4S. The molecule has 0 bridgehead atoms. The number of anilines is 3. The molecule has 5 heterocycles. The first-order valence-corrected chi connectivity index (χ1v) is 18.1. The highest BCUT2D eigenvalue weighted by molar-refractivity contribution is 7.90. The van der Waals surface area contributed by atoms with Gasteiger partial charge in [0, 0.05) is 57.6 Å². The first-order valence-electron chi connectivity index (χ1n) is 16.6. The SMILES string of the molecule is Cn1cc(C#Cc2cnc(Nc3ccnc(-c4cnn(S(=O)(=O)C5CC5)c4)n3)cc2N2CCC(F)(CN(CCF)C(=O)OC(C)(C)C)CC2)cn1. The summed E-state index contributed by atoms with van der Waals surface area (Å²) in [7, 11) is -1.74. The Morgan fingerprint density at radius 1 is 1.10 bits per heavy atom. The van der Waals surface area contributed by atoms with Gasteiger partial charge in [0.15, 0.2) is 5.82 Å². The monoisotopic (exact) mass is 722 g/mol. The van der Waals surface area contributed by atoms with Crippen molar-refractivity contribution in [2.45, 2.75) is 63.0 Å². The number of carbonyl (C=O) groups excluding carboxylic acids is 1. The minimum Gasteiger partial charge on any atom is -0.444 e. The fraction of sp³-hybridized carbons (Fsp3) is 0.471. The van der Waals surface area contributed by atoms with Crippen LogP contribution in [0.3, 0.4) is 0 Å². The molecule has 0 spiro atoms. The molecule has 2 fully saturated rings. The van der Waals surface area contributed by atoms with E-state index in [0.29, 0.717) is 59.9 Å². The second-order valence-corrected chi connectivity index (χ2v) is 15.8. The van der Waals surface area contributed by atoms with Crippen molar-refractivity contribution in [2.75, 3.05) is 43.1 Å². The summed E-state index contributed by atoms with van der Waals surface area (Å²) < 4.78 is 62.9. The molecule has 0 radical (unpaired) electrons. The Balaban J connectivity index is 1.22. The van der Waals surface area contributed by atoms with Crippen LogP contribution in [0.5, 0.6) is 0 Å². The number of amides is 1. The van der Waals surface area contributed by atoms with Crippen molar-refractivity contribution in [1.29, 1.82) is 0 Å². The number of hydrogen-bond acceptors (Lipinski definition) is 11. The van der Waals surface area contributed by atoms with Gasteiger partial charge in [0.05, 0.1) is 59.3 Å². The van der Waals surface area contributed by atoms with Crippen LogP contribution in [0.4, 0.5) is 30.9 Å². The van der Waals surface area contributed by atoms with E-state index in [4.69, 9.17) is 4.74 Å². The van der Waals surface area contributed by atoms with Gasteiger partial charge in [-0.3, -0.25) is 4.68 Å². The summed E-state index contributed by atoms with van der Waals surface area (Å²) >= 11 is 0. The molecule has 1 aliphatic heterocycles. The Bertz CT molecular complexity index is 2060. The van der Waals surface area contributed by atoms with Crippen LogP contribution in [0.15, 0.2) is 49.3 Å². The van der Waals surface area contributed by atoms with Crippen molar-refractivity contribution in [3.8, 4) is 23.2 Å². The predicted molar refractivity (Wildman–Crippen MR) is 186 cm³/mol. The van der Waals surface area contributed by atoms with E-state index in [9.17, 15) is 17.6 Å². The zero-order valence-electron chi connectivity index (χ0n) is 28.9. The van der Waals surface area contributed by atoms with Gasteiger partial charge in [-0.05, 0) is 39.7 Å². The smallest absolute Gasteiger partial charge is 0.410 e. The number of alkyl halides is 2. The van der Waals surface area contributed by atoms with Crippen LogP contribution < -0.4 is 10.2 Å². The lowest BCUT2D eigenvalue weighted by Gasteiger charge is -2.40. The highest BCUT2D eigenvalue weighted by Gasteiger charge is 2.39. The van der Waals surface area contributed by atoms with Gasteiger partial charge in [-0.1, -0.05) is 11.8 Å². The van der Waals surface area contributed by atoms with Gasteiger partial charge in [-0.2, -0.15) is 14.3 Å². The van der Waals surface area contributed by atoms with Crippen LogP contribution in [0.25, 0.3) is 11.4 Å². The molecule has 1 saturated carbocycles. The number of aryl methyl sites for hydroxylation is 1. The first kappa shape index (κ1) is 35.7. The third kappa shape index (κ3) is 8.80. The van der Waals surface area contributed by atoms with Crippen molar-refractivity contribution in [1.82, 2.24) is 38.8 Å². The molecule has 1 N–H and O–H groups in total. The number of carbonyl (C=O) groups is 1. The number of aromatic nitrogens is 7. The summed E-state index contributed by atoms with van der Waals surface area (Å²) in [5, 5.41) is 11.0. The largest absolute Gasteiger partial charge is 0.444 e. The molecule has 1 saturated heterocycles. The number of halogens is 2. The molecule has 0 unspecified atom stereocenters. The van der Waals surface area contributed by atoms with E-state index in [0.717, 1.165) is 8.99 Å². The standard InChI is InChI=1S/C34H40F2N10O4S/c1-33(2,3)50-32(47)45(16-12-35)23-34(36)10-14-44(15-11-34)28-17-30(38-19-25(28)6-5-24-18-39-43(4)21-24)41-29-9-13-37-31(42-29)26-20-40-46(22-26)51(48,49)27-7-8-27/h9,13,17-22,27H,7-8,10-12,14-16,23H2,1-4H3,(H,37,38,41,42). The van der Waals surface area contributed by atoms with Crippen LogP contribution in [0.2, 0.25) is 0 Å². The average Bonchev–Trinajstić information content (AvgIpc) is 3.68. The van der Waals surface area contributed by atoms with Gasteiger partial charge in [0.2, 0.25) is 0 Å². The van der Waals surface area contributed by atoms with Crippen molar-refractivity contribution in [3.63, 3.8) is 0 Å². The average molecular weight is 723 g/mol. The van der Waals surface area contributed by atoms with Crippen molar-refractivity contribution < 1.29 is 26.7 Å². The molecule has 14 nitrogen and oxygen atoms in total. The number of pyridine rings is 1. The van der Waals surface area contributed by atoms with Crippen LogP contribution in [-0.4, -0.2) is 103 Å². The van der Waals surface area contributed by atoms with Gasteiger partial charge in [-0.15, -0.1) is 0 Å². The fourth-order valence-electron chi connectivity index (χ4n) is 5.58. The van der Waals surface area contributed by atoms with E-state index in [1.807, 2.05) is 4.90 Å². The van der Waals surface area contributed by atoms with Crippen molar-refractivity contribution >= 4 is 33.4 Å². The number of piperidine rings is 1. The molecule has 4 aromatic rings. The zero-order chi connectivity index (χ0) is 36.4. The number of nitrogens with one attached hydrogen (secondary N) is 1. The molecular weight excluding hydrogens is 683 g/mol. The summed E-state index contributed by atoms with van der Waals surface area (Å²) in [5.41, 5.74) is -0.0766. The topological polar surface area (TPSA) is 153 Å². The molecule has 0 atom stereocenters. The van der Waals surface area contributed by atoms with Crippen molar-refractivity contribution in [3.05, 3.63) is 60.4 Å². The third-order valence-electron chi connectivity index (χ3n) is 8.35. The van der Waals surface area contributed by atoms with Gasteiger partial charge in [-0.25, -0.2) is 36.9 Å². The number of nitrogens with zero attached hydrogens (tertiary/aromatic N) is 9. The summed E-state index contributed by atoms with van der Waals surface area (Å²) in [5.74, 6) is 7.40. The second kappa shape index (κ2) is 14.3. The number of ether oxygens (including phenoxy) is 1. The maximum atomic E-state index is 16.2. The lowest BCUT2D eigenvalue weighted by Crippen LogP contribution is -2.51.